The lowest BCUT2D eigenvalue weighted by Crippen LogP contribution is -2.21. The topological polar surface area (TPSA) is 34.9 Å². The fourth-order valence-corrected chi connectivity index (χ4v) is 4.27. The van der Waals surface area contributed by atoms with Crippen molar-refractivity contribution in [2.75, 3.05) is 0 Å². The summed E-state index contributed by atoms with van der Waals surface area (Å²) in [6.45, 7) is 2.37. The van der Waals surface area contributed by atoms with Crippen LogP contribution in [-0.2, 0) is 6.54 Å². The van der Waals surface area contributed by atoms with Gasteiger partial charge in [0.15, 0.2) is 0 Å². The van der Waals surface area contributed by atoms with Crippen molar-refractivity contribution in [3.8, 4) is 11.1 Å². The van der Waals surface area contributed by atoms with Gasteiger partial charge in [-0.05, 0) is 42.3 Å². The molecule has 26 heavy (non-hydrogen) atoms. The summed E-state index contributed by atoms with van der Waals surface area (Å²) in [6, 6.07) is 14.1. The van der Waals surface area contributed by atoms with E-state index >= 15 is 0 Å². The summed E-state index contributed by atoms with van der Waals surface area (Å²) in [5.41, 5.74) is 2.70. The highest BCUT2D eigenvalue weighted by Gasteiger charge is 2.17. The Morgan fingerprint density at radius 1 is 1.12 bits per heavy atom. The zero-order valence-corrected chi connectivity index (χ0v) is 16.3. The van der Waals surface area contributed by atoms with E-state index < -0.39 is 0 Å². The van der Waals surface area contributed by atoms with Gasteiger partial charge in [0.2, 0.25) is 0 Å². The van der Waals surface area contributed by atoms with E-state index in [2.05, 4.69) is 20.9 Å². The van der Waals surface area contributed by atoms with Crippen LogP contribution in [0.2, 0.25) is 0 Å². The van der Waals surface area contributed by atoms with Crippen LogP contribution < -0.4 is 5.56 Å². The Kier molecular flexibility index (Phi) is 4.46. The Morgan fingerprint density at radius 2 is 1.81 bits per heavy atom. The van der Waals surface area contributed by atoms with Gasteiger partial charge in [0.1, 0.15) is 10.6 Å². The molecule has 0 fully saturated rings. The van der Waals surface area contributed by atoms with Crippen molar-refractivity contribution in [1.82, 2.24) is 9.55 Å². The van der Waals surface area contributed by atoms with Gasteiger partial charge in [-0.1, -0.05) is 40.2 Å². The van der Waals surface area contributed by atoms with Gasteiger partial charge in [-0.25, -0.2) is 9.37 Å². The summed E-state index contributed by atoms with van der Waals surface area (Å²) in [7, 11) is 0. The molecular formula is C20H14BrFN2OS. The van der Waals surface area contributed by atoms with Crippen molar-refractivity contribution in [1.29, 1.82) is 0 Å². The number of benzene rings is 2. The van der Waals surface area contributed by atoms with E-state index in [9.17, 15) is 9.18 Å². The molecule has 0 N–H and O–H groups in total. The van der Waals surface area contributed by atoms with Crippen LogP contribution in [0.1, 0.15) is 10.4 Å². The SMILES string of the molecule is Cc1sc2ncn(Cc3ccc(F)cc3)c(=O)c2c1-c1ccc(Br)cc1. The van der Waals surface area contributed by atoms with Crippen molar-refractivity contribution in [3.63, 3.8) is 0 Å². The normalized spacial score (nSPS) is 11.2. The van der Waals surface area contributed by atoms with Crippen LogP contribution in [0.4, 0.5) is 4.39 Å². The van der Waals surface area contributed by atoms with Gasteiger partial charge in [0.25, 0.3) is 5.56 Å². The molecule has 130 valence electrons. The maximum Gasteiger partial charge on any atom is 0.263 e. The van der Waals surface area contributed by atoms with Crippen LogP contribution in [-0.4, -0.2) is 9.55 Å². The molecular weight excluding hydrogens is 415 g/mol. The van der Waals surface area contributed by atoms with Gasteiger partial charge in [-0.2, -0.15) is 0 Å². The number of hydrogen-bond donors (Lipinski definition) is 0. The number of fused-ring (bicyclic) bond motifs is 1. The number of aromatic nitrogens is 2. The van der Waals surface area contributed by atoms with Crippen molar-refractivity contribution in [2.24, 2.45) is 0 Å². The van der Waals surface area contributed by atoms with Gasteiger partial charge >= 0.3 is 0 Å². The fourth-order valence-electron chi connectivity index (χ4n) is 3.00. The third-order valence-electron chi connectivity index (χ3n) is 4.25. The van der Waals surface area contributed by atoms with Gasteiger partial charge in [-0.15, -0.1) is 11.3 Å². The summed E-state index contributed by atoms with van der Waals surface area (Å²) in [5, 5.41) is 0.638. The number of rotatable bonds is 3. The molecule has 0 radical (unpaired) electrons. The lowest BCUT2D eigenvalue weighted by Gasteiger charge is -2.07. The van der Waals surface area contributed by atoms with Crippen molar-refractivity contribution in [2.45, 2.75) is 13.5 Å². The number of nitrogens with zero attached hydrogens (tertiary/aromatic N) is 2. The van der Waals surface area contributed by atoms with Crippen LogP contribution in [0.15, 0.2) is 64.1 Å². The first kappa shape index (κ1) is 17.1. The number of thiophene rings is 1. The summed E-state index contributed by atoms with van der Waals surface area (Å²) >= 11 is 4.97. The predicted octanol–water partition coefficient (Wildman–Crippen LogP) is 5.38. The van der Waals surface area contributed by atoms with E-state index in [1.807, 2.05) is 31.2 Å². The second kappa shape index (κ2) is 6.78. The minimum Gasteiger partial charge on any atom is -0.294 e. The molecule has 0 aliphatic carbocycles. The van der Waals surface area contributed by atoms with E-state index in [0.717, 1.165) is 30.9 Å². The molecule has 0 spiro atoms. The van der Waals surface area contributed by atoms with Crippen LogP contribution in [0.25, 0.3) is 21.3 Å². The van der Waals surface area contributed by atoms with Crippen LogP contribution in [0, 0.1) is 12.7 Å². The molecule has 0 bridgehead atoms. The highest BCUT2D eigenvalue weighted by Crippen LogP contribution is 2.35. The smallest absolute Gasteiger partial charge is 0.263 e. The zero-order chi connectivity index (χ0) is 18.3. The Bertz CT molecular complexity index is 1150. The quantitative estimate of drug-likeness (QED) is 0.438. The lowest BCUT2D eigenvalue weighted by atomic mass is 10.0. The van der Waals surface area contributed by atoms with E-state index in [1.54, 1.807) is 23.0 Å². The molecule has 0 aliphatic heterocycles. The van der Waals surface area contributed by atoms with Gasteiger partial charge in [0.05, 0.1) is 18.3 Å². The van der Waals surface area contributed by atoms with E-state index in [0.29, 0.717) is 11.9 Å². The molecule has 0 amide bonds. The minimum atomic E-state index is -0.291. The molecule has 0 unspecified atom stereocenters. The van der Waals surface area contributed by atoms with Gasteiger partial charge in [-0.3, -0.25) is 9.36 Å². The van der Waals surface area contributed by atoms with Crippen LogP contribution in [0.5, 0.6) is 0 Å². The number of aryl methyl sites for hydroxylation is 1. The second-order valence-corrected chi connectivity index (χ2v) is 8.14. The van der Waals surface area contributed by atoms with Gasteiger partial charge in [0, 0.05) is 14.9 Å². The van der Waals surface area contributed by atoms with Crippen LogP contribution in [0.3, 0.4) is 0 Å². The second-order valence-electron chi connectivity index (χ2n) is 6.02. The lowest BCUT2D eigenvalue weighted by molar-refractivity contribution is 0.626. The van der Waals surface area contributed by atoms with E-state index in [-0.39, 0.29) is 11.4 Å². The predicted molar refractivity (Wildman–Crippen MR) is 107 cm³/mol. The van der Waals surface area contributed by atoms with Crippen molar-refractivity contribution < 1.29 is 4.39 Å². The first-order valence-corrected chi connectivity index (χ1v) is 9.63. The average Bonchev–Trinajstić information content (AvgIpc) is 2.97. The maximum atomic E-state index is 13.1. The standard InChI is InChI=1S/C20H14BrFN2OS/c1-12-17(14-4-6-15(21)7-5-14)18-19(26-12)23-11-24(20(18)25)10-13-2-8-16(22)9-3-13/h2-9,11H,10H2,1H3. The highest BCUT2D eigenvalue weighted by atomic mass is 79.9. The Labute approximate surface area is 161 Å². The zero-order valence-electron chi connectivity index (χ0n) is 13.9. The molecule has 2 aromatic carbocycles. The van der Waals surface area contributed by atoms with Crippen LogP contribution >= 0.6 is 27.3 Å². The van der Waals surface area contributed by atoms with E-state index in [4.69, 9.17) is 0 Å². The number of hydrogen-bond acceptors (Lipinski definition) is 3. The molecule has 2 heterocycles. The monoisotopic (exact) mass is 428 g/mol. The minimum absolute atomic E-state index is 0.0819. The average molecular weight is 429 g/mol. The number of halogens is 2. The molecule has 0 saturated carbocycles. The molecule has 0 saturated heterocycles. The molecule has 0 atom stereocenters. The molecule has 6 heteroatoms. The highest BCUT2D eigenvalue weighted by molar-refractivity contribution is 9.10. The summed E-state index contributed by atoms with van der Waals surface area (Å²) in [5.74, 6) is -0.291. The van der Waals surface area contributed by atoms with E-state index in [1.165, 1.54) is 23.5 Å². The summed E-state index contributed by atoms with van der Waals surface area (Å²) < 4.78 is 15.7. The Hall–Kier alpha value is -2.31. The summed E-state index contributed by atoms with van der Waals surface area (Å²) in [4.78, 5) is 19.4. The first-order chi connectivity index (χ1) is 12.5. The Balaban J connectivity index is 1.86. The fraction of sp³-hybridized carbons (Fsp3) is 0.100. The van der Waals surface area contributed by atoms with Gasteiger partial charge < -0.3 is 0 Å². The van der Waals surface area contributed by atoms with Crippen molar-refractivity contribution in [3.05, 3.63) is 85.9 Å². The molecule has 2 aromatic heterocycles. The first-order valence-electron chi connectivity index (χ1n) is 8.02. The summed E-state index contributed by atoms with van der Waals surface area (Å²) in [6.07, 6.45) is 1.56. The molecule has 3 nitrogen and oxygen atoms in total. The van der Waals surface area contributed by atoms with Crippen molar-refractivity contribution >= 4 is 37.5 Å². The Morgan fingerprint density at radius 3 is 2.50 bits per heavy atom. The third kappa shape index (κ3) is 3.10. The molecule has 0 aliphatic rings. The third-order valence-corrected chi connectivity index (χ3v) is 5.80. The largest absolute Gasteiger partial charge is 0.294 e. The molecule has 4 rings (SSSR count). The molecule has 4 aromatic rings. The maximum absolute atomic E-state index is 13.1.